The van der Waals surface area contributed by atoms with Gasteiger partial charge in [0.2, 0.25) is 0 Å². The second kappa shape index (κ2) is 7.33. The van der Waals surface area contributed by atoms with E-state index < -0.39 is 22.3 Å². The monoisotopic (exact) mass is 346 g/mol. The second-order valence-corrected chi connectivity index (χ2v) is 6.19. The van der Waals surface area contributed by atoms with Crippen molar-refractivity contribution in [3.63, 3.8) is 0 Å². The number of nitro groups is 1. The molecule has 0 spiro atoms. The van der Waals surface area contributed by atoms with E-state index in [0.717, 1.165) is 24.6 Å². The summed E-state index contributed by atoms with van der Waals surface area (Å²) in [5.41, 5.74) is -0.492. The lowest BCUT2D eigenvalue weighted by Gasteiger charge is -2.13. The van der Waals surface area contributed by atoms with E-state index in [4.69, 9.17) is 0 Å². The minimum absolute atomic E-state index is 0.0547. The molecule has 5 nitrogen and oxygen atoms in total. The van der Waals surface area contributed by atoms with Gasteiger partial charge in [-0.15, -0.1) is 0 Å². The van der Waals surface area contributed by atoms with Gasteiger partial charge in [-0.25, -0.2) is 4.39 Å². The highest BCUT2D eigenvalue weighted by atomic mass is 79.9. The fourth-order valence-corrected chi connectivity index (χ4v) is 2.62. The first-order valence-corrected chi connectivity index (χ1v) is 7.08. The van der Waals surface area contributed by atoms with E-state index in [0.29, 0.717) is 12.5 Å². The number of carbonyl (C=O) groups is 1. The Morgan fingerprint density at radius 1 is 1.45 bits per heavy atom. The van der Waals surface area contributed by atoms with Gasteiger partial charge < -0.3 is 5.32 Å². The van der Waals surface area contributed by atoms with Gasteiger partial charge >= 0.3 is 0 Å². The molecule has 0 aliphatic rings. The molecule has 0 radical (unpaired) electrons. The summed E-state index contributed by atoms with van der Waals surface area (Å²) in [4.78, 5) is 21.8. The molecule has 0 bridgehead atoms. The number of nitro benzene ring substituents is 1. The number of nitrogens with zero attached hydrogens (tertiary/aromatic N) is 1. The Morgan fingerprint density at radius 2 is 2.10 bits per heavy atom. The van der Waals surface area contributed by atoms with E-state index in [1.807, 2.05) is 0 Å². The number of hydrogen-bond donors (Lipinski definition) is 1. The fraction of sp³-hybridized carbons (Fsp3) is 0.462. The average molecular weight is 347 g/mol. The maximum atomic E-state index is 13.2. The standard InChI is InChI=1S/C13H16BrFN2O3/c1-8(2)3-10(14)7-16-13(18)9-4-11(15)6-12(5-9)17(19)20/h4-6,8,10H,3,7H2,1-2H3,(H,16,18). The van der Waals surface area contributed by atoms with Crippen molar-refractivity contribution in [1.29, 1.82) is 0 Å². The summed E-state index contributed by atoms with van der Waals surface area (Å²) in [5, 5.41) is 13.2. The summed E-state index contributed by atoms with van der Waals surface area (Å²) in [7, 11) is 0. The number of carbonyl (C=O) groups excluding carboxylic acids is 1. The summed E-state index contributed by atoms with van der Waals surface area (Å²) < 4.78 is 13.2. The highest BCUT2D eigenvalue weighted by Crippen LogP contribution is 2.17. The first-order valence-electron chi connectivity index (χ1n) is 6.17. The molecule has 1 atom stereocenters. The molecule has 0 aliphatic heterocycles. The van der Waals surface area contributed by atoms with Gasteiger partial charge in [0.1, 0.15) is 5.82 Å². The van der Waals surface area contributed by atoms with Crippen molar-refractivity contribution in [1.82, 2.24) is 5.32 Å². The molecule has 0 saturated carbocycles. The lowest BCUT2D eigenvalue weighted by molar-refractivity contribution is -0.385. The van der Waals surface area contributed by atoms with Gasteiger partial charge in [-0.2, -0.15) is 0 Å². The molecule has 1 N–H and O–H groups in total. The zero-order valence-electron chi connectivity index (χ0n) is 11.2. The number of alkyl halides is 1. The number of hydrogen-bond acceptors (Lipinski definition) is 3. The quantitative estimate of drug-likeness (QED) is 0.488. The van der Waals surface area contributed by atoms with Gasteiger partial charge in [-0.05, 0) is 18.4 Å². The fourth-order valence-electron chi connectivity index (χ4n) is 1.71. The number of amides is 1. The minimum atomic E-state index is -0.804. The van der Waals surface area contributed by atoms with Crippen LogP contribution in [0.15, 0.2) is 18.2 Å². The van der Waals surface area contributed by atoms with Crippen LogP contribution in [0, 0.1) is 21.8 Å². The van der Waals surface area contributed by atoms with Crippen molar-refractivity contribution in [2.45, 2.75) is 25.1 Å². The Labute approximate surface area is 124 Å². The van der Waals surface area contributed by atoms with Crippen molar-refractivity contribution >= 4 is 27.5 Å². The molecule has 7 heteroatoms. The summed E-state index contributed by atoms with van der Waals surface area (Å²) in [6.45, 7) is 4.50. The molecule has 0 fully saturated rings. The lowest BCUT2D eigenvalue weighted by Crippen LogP contribution is -2.30. The second-order valence-electron chi connectivity index (χ2n) is 4.89. The number of benzene rings is 1. The minimum Gasteiger partial charge on any atom is -0.351 e. The van der Waals surface area contributed by atoms with Crippen LogP contribution in [0.5, 0.6) is 0 Å². The predicted octanol–water partition coefficient (Wildman–Crippen LogP) is 3.27. The SMILES string of the molecule is CC(C)CC(Br)CNC(=O)c1cc(F)cc([N+](=O)[O-])c1. The Kier molecular flexibility index (Phi) is 6.06. The number of non-ortho nitro benzene ring substituents is 1. The Hall–Kier alpha value is -1.50. The third kappa shape index (κ3) is 5.24. The van der Waals surface area contributed by atoms with E-state index in [9.17, 15) is 19.3 Å². The zero-order valence-corrected chi connectivity index (χ0v) is 12.8. The van der Waals surface area contributed by atoms with Gasteiger partial charge in [0, 0.05) is 23.0 Å². The average Bonchev–Trinajstić information content (AvgIpc) is 2.34. The molecule has 1 rings (SSSR count). The van der Waals surface area contributed by atoms with E-state index in [1.165, 1.54) is 0 Å². The first-order chi connectivity index (χ1) is 9.29. The first kappa shape index (κ1) is 16.6. The smallest absolute Gasteiger partial charge is 0.273 e. The highest BCUT2D eigenvalue weighted by molar-refractivity contribution is 9.09. The molecule has 1 aromatic carbocycles. The molecule has 1 aromatic rings. The van der Waals surface area contributed by atoms with Gasteiger partial charge in [-0.1, -0.05) is 29.8 Å². The predicted molar refractivity (Wildman–Crippen MR) is 77.6 cm³/mol. The molecular formula is C13H16BrFN2O3. The third-order valence-electron chi connectivity index (χ3n) is 2.57. The highest BCUT2D eigenvalue weighted by Gasteiger charge is 2.15. The molecule has 0 saturated heterocycles. The van der Waals surface area contributed by atoms with Crippen LogP contribution in [0.2, 0.25) is 0 Å². The molecular weight excluding hydrogens is 331 g/mol. The van der Waals surface area contributed by atoms with Crippen LogP contribution in [0.3, 0.4) is 0 Å². The van der Waals surface area contributed by atoms with Crippen molar-refractivity contribution in [2.75, 3.05) is 6.54 Å². The van der Waals surface area contributed by atoms with Gasteiger partial charge in [0.15, 0.2) is 0 Å². The molecule has 0 aliphatic carbocycles. The van der Waals surface area contributed by atoms with Crippen molar-refractivity contribution in [3.8, 4) is 0 Å². The normalized spacial score (nSPS) is 12.2. The summed E-state index contributed by atoms with van der Waals surface area (Å²) >= 11 is 3.43. The molecule has 0 heterocycles. The summed E-state index contributed by atoms with van der Waals surface area (Å²) in [5.74, 6) is -0.853. The van der Waals surface area contributed by atoms with Crippen LogP contribution in [0.1, 0.15) is 30.6 Å². The maximum absolute atomic E-state index is 13.2. The Balaban J connectivity index is 2.70. The maximum Gasteiger partial charge on any atom is 0.273 e. The van der Waals surface area contributed by atoms with Crippen molar-refractivity contribution in [3.05, 3.63) is 39.7 Å². The number of nitrogens with one attached hydrogen (secondary N) is 1. The van der Waals surface area contributed by atoms with Crippen LogP contribution in [-0.4, -0.2) is 22.2 Å². The van der Waals surface area contributed by atoms with Gasteiger partial charge in [0.05, 0.1) is 11.0 Å². The van der Waals surface area contributed by atoms with Gasteiger partial charge in [0.25, 0.3) is 11.6 Å². The van der Waals surface area contributed by atoms with Crippen LogP contribution < -0.4 is 5.32 Å². The zero-order chi connectivity index (χ0) is 15.3. The number of halogens is 2. The van der Waals surface area contributed by atoms with Crippen molar-refractivity contribution in [2.24, 2.45) is 5.92 Å². The van der Waals surface area contributed by atoms with E-state index >= 15 is 0 Å². The number of rotatable bonds is 6. The van der Waals surface area contributed by atoms with Crippen LogP contribution in [-0.2, 0) is 0 Å². The lowest BCUT2D eigenvalue weighted by atomic mass is 10.1. The Bertz CT molecular complexity index is 508. The molecule has 1 unspecified atom stereocenters. The summed E-state index contributed by atoms with van der Waals surface area (Å²) in [6.07, 6.45) is 0.879. The summed E-state index contributed by atoms with van der Waals surface area (Å²) in [6, 6.07) is 2.82. The van der Waals surface area contributed by atoms with E-state index in [-0.39, 0.29) is 10.4 Å². The molecule has 0 aromatic heterocycles. The molecule has 1 amide bonds. The van der Waals surface area contributed by atoms with Crippen LogP contribution >= 0.6 is 15.9 Å². The molecule has 20 heavy (non-hydrogen) atoms. The van der Waals surface area contributed by atoms with Crippen molar-refractivity contribution < 1.29 is 14.1 Å². The van der Waals surface area contributed by atoms with E-state index in [1.54, 1.807) is 0 Å². The van der Waals surface area contributed by atoms with Crippen LogP contribution in [0.4, 0.5) is 10.1 Å². The topological polar surface area (TPSA) is 72.2 Å². The van der Waals surface area contributed by atoms with E-state index in [2.05, 4.69) is 35.1 Å². The van der Waals surface area contributed by atoms with Gasteiger partial charge in [-0.3, -0.25) is 14.9 Å². The molecule has 110 valence electrons. The third-order valence-corrected chi connectivity index (χ3v) is 3.26. The van der Waals surface area contributed by atoms with Crippen LogP contribution in [0.25, 0.3) is 0 Å². The largest absolute Gasteiger partial charge is 0.351 e. The Morgan fingerprint density at radius 3 is 2.65 bits per heavy atom.